The number of H-pyrrole nitrogens is 1. The van der Waals surface area contributed by atoms with Gasteiger partial charge in [-0.2, -0.15) is 0 Å². The molecule has 0 bridgehead atoms. The molecular weight excluding hydrogens is 196 g/mol. The number of nitrogens with one attached hydrogen (secondary N) is 3. The molecule has 0 aliphatic heterocycles. The Bertz CT molecular complexity index is 399. The number of carbonyl (C=O) groups is 1. The SMILES string of the molecule is CCNC(=O)CNc1cc(=O)[nH]c(C)n1. The Morgan fingerprint density at radius 1 is 1.60 bits per heavy atom. The van der Waals surface area contributed by atoms with E-state index >= 15 is 0 Å². The van der Waals surface area contributed by atoms with Crippen LogP contribution < -0.4 is 16.2 Å². The van der Waals surface area contributed by atoms with Gasteiger partial charge >= 0.3 is 0 Å². The minimum Gasteiger partial charge on any atom is -0.361 e. The molecule has 0 aliphatic rings. The molecular formula is C9H14N4O2. The van der Waals surface area contributed by atoms with Gasteiger partial charge in [0.05, 0.1) is 6.54 Å². The zero-order chi connectivity index (χ0) is 11.3. The first kappa shape index (κ1) is 11.2. The molecule has 15 heavy (non-hydrogen) atoms. The number of aromatic amines is 1. The maximum atomic E-state index is 11.1. The lowest BCUT2D eigenvalue weighted by atomic mass is 10.5. The molecule has 82 valence electrons. The van der Waals surface area contributed by atoms with Crippen molar-refractivity contribution in [2.24, 2.45) is 0 Å². The average Bonchev–Trinajstić information content (AvgIpc) is 2.14. The van der Waals surface area contributed by atoms with Crippen molar-refractivity contribution >= 4 is 11.7 Å². The highest BCUT2D eigenvalue weighted by atomic mass is 16.2. The molecule has 6 nitrogen and oxygen atoms in total. The smallest absolute Gasteiger partial charge is 0.252 e. The number of amides is 1. The number of rotatable bonds is 4. The summed E-state index contributed by atoms with van der Waals surface area (Å²) in [5, 5.41) is 5.40. The van der Waals surface area contributed by atoms with Crippen LogP contribution in [0.4, 0.5) is 5.82 Å². The third-order valence-electron chi connectivity index (χ3n) is 1.66. The van der Waals surface area contributed by atoms with Crippen molar-refractivity contribution in [3.05, 3.63) is 22.2 Å². The molecule has 0 aromatic carbocycles. The average molecular weight is 210 g/mol. The van der Waals surface area contributed by atoms with E-state index < -0.39 is 0 Å². The molecule has 0 saturated carbocycles. The van der Waals surface area contributed by atoms with Crippen LogP contribution in [0.5, 0.6) is 0 Å². The largest absolute Gasteiger partial charge is 0.361 e. The van der Waals surface area contributed by atoms with E-state index in [-0.39, 0.29) is 18.0 Å². The monoisotopic (exact) mass is 210 g/mol. The van der Waals surface area contributed by atoms with Gasteiger partial charge in [0, 0.05) is 12.6 Å². The lowest BCUT2D eigenvalue weighted by molar-refractivity contribution is -0.119. The van der Waals surface area contributed by atoms with Crippen LogP contribution in [0.2, 0.25) is 0 Å². The van der Waals surface area contributed by atoms with Crippen LogP contribution in [0.3, 0.4) is 0 Å². The summed E-state index contributed by atoms with van der Waals surface area (Å²) in [5.74, 6) is 0.792. The van der Waals surface area contributed by atoms with E-state index in [9.17, 15) is 9.59 Å². The van der Waals surface area contributed by atoms with E-state index in [1.807, 2.05) is 6.92 Å². The Morgan fingerprint density at radius 3 is 2.93 bits per heavy atom. The minimum absolute atomic E-state index is 0.115. The van der Waals surface area contributed by atoms with E-state index in [2.05, 4.69) is 20.6 Å². The van der Waals surface area contributed by atoms with Crippen LogP contribution >= 0.6 is 0 Å². The Hall–Kier alpha value is -1.85. The quantitative estimate of drug-likeness (QED) is 0.632. The number of hydrogen-bond acceptors (Lipinski definition) is 4. The van der Waals surface area contributed by atoms with Gasteiger partial charge in [-0.1, -0.05) is 0 Å². The van der Waals surface area contributed by atoms with Gasteiger partial charge in [0.15, 0.2) is 0 Å². The van der Waals surface area contributed by atoms with Gasteiger partial charge in [0.25, 0.3) is 5.56 Å². The molecule has 1 amide bonds. The summed E-state index contributed by atoms with van der Waals surface area (Å²) >= 11 is 0. The second kappa shape index (κ2) is 5.14. The standard InChI is InChI=1S/C9H14N4O2/c1-3-10-9(15)5-11-7-4-8(14)13-6(2)12-7/h4H,3,5H2,1-2H3,(H,10,15)(H2,11,12,13,14). The van der Waals surface area contributed by atoms with E-state index in [1.54, 1.807) is 6.92 Å². The van der Waals surface area contributed by atoms with Crippen LogP contribution in [0.1, 0.15) is 12.7 Å². The van der Waals surface area contributed by atoms with E-state index in [0.29, 0.717) is 18.2 Å². The zero-order valence-electron chi connectivity index (χ0n) is 8.76. The van der Waals surface area contributed by atoms with Crippen molar-refractivity contribution in [1.82, 2.24) is 15.3 Å². The van der Waals surface area contributed by atoms with Crippen LogP contribution in [-0.4, -0.2) is 29.0 Å². The van der Waals surface area contributed by atoms with Crippen molar-refractivity contribution in [2.75, 3.05) is 18.4 Å². The van der Waals surface area contributed by atoms with E-state index in [1.165, 1.54) is 6.07 Å². The second-order valence-corrected chi connectivity index (χ2v) is 3.02. The molecule has 0 radical (unpaired) electrons. The summed E-state index contributed by atoms with van der Waals surface area (Å²) < 4.78 is 0. The van der Waals surface area contributed by atoms with Gasteiger partial charge in [-0.05, 0) is 13.8 Å². The molecule has 6 heteroatoms. The van der Waals surface area contributed by atoms with Crippen molar-refractivity contribution in [3.8, 4) is 0 Å². The Morgan fingerprint density at radius 2 is 2.33 bits per heavy atom. The number of anilines is 1. The fourth-order valence-corrected chi connectivity index (χ4v) is 1.10. The molecule has 0 fully saturated rings. The predicted octanol–water partition coefficient (Wildman–Crippen LogP) is -0.374. The third-order valence-corrected chi connectivity index (χ3v) is 1.66. The number of aromatic nitrogens is 2. The zero-order valence-corrected chi connectivity index (χ0v) is 8.76. The van der Waals surface area contributed by atoms with Gasteiger partial charge in [0.2, 0.25) is 5.91 Å². The number of likely N-dealkylation sites (N-methyl/N-ethyl adjacent to an activating group) is 1. The summed E-state index contributed by atoms with van der Waals surface area (Å²) in [6.45, 7) is 4.22. The Kier molecular flexibility index (Phi) is 3.84. The van der Waals surface area contributed by atoms with Gasteiger partial charge < -0.3 is 15.6 Å². The van der Waals surface area contributed by atoms with Gasteiger partial charge in [-0.15, -0.1) is 0 Å². The molecule has 1 aromatic rings. The molecule has 1 aromatic heterocycles. The van der Waals surface area contributed by atoms with E-state index in [0.717, 1.165) is 0 Å². The van der Waals surface area contributed by atoms with Gasteiger partial charge in [-0.3, -0.25) is 9.59 Å². The predicted molar refractivity (Wildman–Crippen MR) is 56.8 cm³/mol. The molecule has 0 saturated heterocycles. The highest BCUT2D eigenvalue weighted by Crippen LogP contribution is 1.96. The fraction of sp³-hybridized carbons (Fsp3) is 0.444. The number of carbonyl (C=O) groups excluding carboxylic acids is 1. The topological polar surface area (TPSA) is 86.9 Å². The maximum absolute atomic E-state index is 11.1. The minimum atomic E-state index is -0.235. The Labute approximate surface area is 87.1 Å². The normalized spacial score (nSPS) is 9.73. The molecule has 0 spiro atoms. The fourth-order valence-electron chi connectivity index (χ4n) is 1.10. The molecule has 3 N–H and O–H groups in total. The highest BCUT2D eigenvalue weighted by Gasteiger charge is 2.01. The first-order chi connectivity index (χ1) is 7.11. The summed E-state index contributed by atoms with van der Waals surface area (Å²) in [6, 6.07) is 1.31. The number of aryl methyl sites for hydroxylation is 1. The van der Waals surface area contributed by atoms with Crippen molar-refractivity contribution < 1.29 is 4.79 Å². The first-order valence-corrected chi connectivity index (χ1v) is 4.70. The van der Waals surface area contributed by atoms with Gasteiger partial charge in [0.1, 0.15) is 11.6 Å². The molecule has 0 aliphatic carbocycles. The molecule has 0 atom stereocenters. The third kappa shape index (κ3) is 3.80. The molecule has 1 heterocycles. The molecule has 1 rings (SSSR count). The van der Waals surface area contributed by atoms with Crippen molar-refractivity contribution in [3.63, 3.8) is 0 Å². The maximum Gasteiger partial charge on any atom is 0.252 e. The number of hydrogen-bond donors (Lipinski definition) is 3. The Balaban J connectivity index is 2.58. The summed E-state index contributed by atoms with van der Waals surface area (Å²) in [7, 11) is 0. The highest BCUT2D eigenvalue weighted by molar-refractivity contribution is 5.80. The summed E-state index contributed by atoms with van der Waals surface area (Å²) in [6.07, 6.45) is 0. The summed E-state index contributed by atoms with van der Waals surface area (Å²) in [5.41, 5.74) is -0.235. The van der Waals surface area contributed by atoms with Crippen molar-refractivity contribution in [1.29, 1.82) is 0 Å². The molecule has 0 unspecified atom stereocenters. The lowest BCUT2D eigenvalue weighted by Crippen LogP contribution is -2.30. The first-order valence-electron chi connectivity index (χ1n) is 4.70. The lowest BCUT2D eigenvalue weighted by Gasteiger charge is -2.05. The van der Waals surface area contributed by atoms with Gasteiger partial charge in [-0.25, -0.2) is 4.98 Å². The van der Waals surface area contributed by atoms with Crippen LogP contribution in [0.15, 0.2) is 10.9 Å². The van der Waals surface area contributed by atoms with E-state index in [4.69, 9.17) is 0 Å². The second-order valence-electron chi connectivity index (χ2n) is 3.02. The van der Waals surface area contributed by atoms with Crippen LogP contribution in [0.25, 0.3) is 0 Å². The van der Waals surface area contributed by atoms with Crippen LogP contribution in [-0.2, 0) is 4.79 Å². The van der Waals surface area contributed by atoms with Crippen molar-refractivity contribution in [2.45, 2.75) is 13.8 Å². The summed E-state index contributed by atoms with van der Waals surface area (Å²) in [4.78, 5) is 28.7. The number of nitrogens with zero attached hydrogens (tertiary/aromatic N) is 1. The van der Waals surface area contributed by atoms with Crippen LogP contribution in [0, 0.1) is 6.92 Å².